The summed E-state index contributed by atoms with van der Waals surface area (Å²) in [6.07, 6.45) is 0. The topological polar surface area (TPSA) is 75.4 Å². The summed E-state index contributed by atoms with van der Waals surface area (Å²) in [5, 5.41) is 26.7. The molecule has 0 radical (unpaired) electrons. The zero-order valence-electron chi connectivity index (χ0n) is 12.9. The fourth-order valence-electron chi connectivity index (χ4n) is 2.44. The van der Waals surface area contributed by atoms with Crippen LogP contribution in [0.3, 0.4) is 0 Å². The lowest BCUT2D eigenvalue weighted by Gasteiger charge is -2.25. The minimum absolute atomic E-state index is 0.0914. The molecule has 22 heavy (non-hydrogen) atoms. The predicted octanol–water partition coefficient (Wildman–Crippen LogP) is 3.52. The van der Waals surface area contributed by atoms with Gasteiger partial charge in [-0.3, -0.25) is 10.1 Å². The molecule has 0 aliphatic rings. The molecule has 0 saturated heterocycles. The summed E-state index contributed by atoms with van der Waals surface area (Å²) in [7, 11) is 0. The van der Waals surface area contributed by atoms with Crippen molar-refractivity contribution in [2.24, 2.45) is 0 Å². The van der Waals surface area contributed by atoms with Gasteiger partial charge in [-0.15, -0.1) is 11.3 Å². The van der Waals surface area contributed by atoms with Crippen molar-refractivity contribution in [1.29, 1.82) is 0 Å². The van der Waals surface area contributed by atoms with Crippen LogP contribution in [0.15, 0.2) is 35.7 Å². The standard InChI is InChI=1S/C16H20N2O3S/c1-11-13(6-4-7-14(11)18(20)21)12(2)17-10-16(3,19)15-8-5-9-22-15/h4-9,12,17,19H,10H2,1-3H3. The van der Waals surface area contributed by atoms with E-state index in [1.807, 2.05) is 30.5 Å². The van der Waals surface area contributed by atoms with Crippen LogP contribution in [0.4, 0.5) is 5.69 Å². The van der Waals surface area contributed by atoms with E-state index in [1.165, 1.54) is 17.4 Å². The smallest absolute Gasteiger partial charge is 0.272 e. The van der Waals surface area contributed by atoms with Crippen molar-refractivity contribution in [2.75, 3.05) is 6.54 Å². The highest BCUT2D eigenvalue weighted by Crippen LogP contribution is 2.28. The van der Waals surface area contributed by atoms with Gasteiger partial charge in [-0.05, 0) is 37.8 Å². The molecule has 2 atom stereocenters. The lowest BCUT2D eigenvalue weighted by atomic mass is 9.99. The van der Waals surface area contributed by atoms with E-state index in [-0.39, 0.29) is 16.7 Å². The van der Waals surface area contributed by atoms with Crippen molar-refractivity contribution in [3.8, 4) is 0 Å². The zero-order valence-corrected chi connectivity index (χ0v) is 13.7. The van der Waals surface area contributed by atoms with Crippen LogP contribution in [0, 0.1) is 17.0 Å². The molecule has 2 unspecified atom stereocenters. The summed E-state index contributed by atoms with van der Waals surface area (Å²) in [6.45, 7) is 5.83. The van der Waals surface area contributed by atoms with Crippen LogP contribution in [-0.4, -0.2) is 16.6 Å². The summed E-state index contributed by atoms with van der Waals surface area (Å²) >= 11 is 1.51. The van der Waals surface area contributed by atoms with Gasteiger partial charge in [0.2, 0.25) is 0 Å². The molecule has 0 bridgehead atoms. The van der Waals surface area contributed by atoms with Crippen LogP contribution < -0.4 is 5.32 Å². The van der Waals surface area contributed by atoms with Crippen LogP contribution >= 0.6 is 11.3 Å². The van der Waals surface area contributed by atoms with E-state index < -0.39 is 5.60 Å². The molecule has 1 aromatic carbocycles. The van der Waals surface area contributed by atoms with Crippen LogP contribution in [0.2, 0.25) is 0 Å². The maximum Gasteiger partial charge on any atom is 0.272 e. The van der Waals surface area contributed by atoms with Crippen molar-refractivity contribution < 1.29 is 10.0 Å². The van der Waals surface area contributed by atoms with Crippen LogP contribution in [0.1, 0.15) is 35.9 Å². The summed E-state index contributed by atoms with van der Waals surface area (Å²) < 4.78 is 0. The molecule has 0 spiro atoms. The number of nitrogens with one attached hydrogen (secondary N) is 1. The molecule has 0 fully saturated rings. The molecule has 0 amide bonds. The molecular formula is C16H20N2O3S. The van der Waals surface area contributed by atoms with Gasteiger partial charge in [0.05, 0.1) is 4.92 Å². The Kier molecular flexibility index (Phi) is 4.95. The van der Waals surface area contributed by atoms with Crippen LogP contribution in [0.25, 0.3) is 0 Å². The largest absolute Gasteiger partial charge is 0.383 e. The summed E-state index contributed by atoms with van der Waals surface area (Å²) in [6, 6.07) is 8.79. The summed E-state index contributed by atoms with van der Waals surface area (Å²) in [5.41, 5.74) is 0.687. The van der Waals surface area contributed by atoms with E-state index in [1.54, 1.807) is 19.9 Å². The molecule has 1 heterocycles. The van der Waals surface area contributed by atoms with Crippen molar-refractivity contribution in [2.45, 2.75) is 32.4 Å². The molecule has 2 aromatic rings. The number of hydrogen-bond acceptors (Lipinski definition) is 5. The molecule has 2 N–H and O–H groups in total. The third kappa shape index (κ3) is 3.52. The van der Waals surface area contributed by atoms with Crippen molar-refractivity contribution >= 4 is 17.0 Å². The Morgan fingerprint density at radius 2 is 2.14 bits per heavy atom. The minimum Gasteiger partial charge on any atom is -0.383 e. The van der Waals surface area contributed by atoms with E-state index in [0.717, 1.165) is 10.4 Å². The molecular weight excluding hydrogens is 300 g/mol. The number of nitro groups is 1. The van der Waals surface area contributed by atoms with Crippen molar-refractivity contribution in [3.63, 3.8) is 0 Å². The van der Waals surface area contributed by atoms with Gasteiger partial charge in [0.25, 0.3) is 5.69 Å². The second-order valence-electron chi connectivity index (χ2n) is 5.60. The Bertz CT molecular complexity index is 653. The molecule has 0 saturated carbocycles. The average Bonchev–Trinajstić information content (AvgIpc) is 3.00. The highest BCUT2D eigenvalue weighted by atomic mass is 32.1. The summed E-state index contributed by atoms with van der Waals surface area (Å²) in [4.78, 5) is 11.5. The molecule has 1 aromatic heterocycles. The van der Waals surface area contributed by atoms with E-state index >= 15 is 0 Å². The third-order valence-electron chi connectivity index (χ3n) is 3.81. The van der Waals surface area contributed by atoms with E-state index in [0.29, 0.717) is 12.1 Å². The zero-order chi connectivity index (χ0) is 16.3. The van der Waals surface area contributed by atoms with Gasteiger partial charge in [0.15, 0.2) is 0 Å². The maximum absolute atomic E-state index is 11.0. The average molecular weight is 320 g/mol. The first-order chi connectivity index (χ1) is 10.3. The fourth-order valence-corrected chi connectivity index (χ4v) is 3.23. The quantitative estimate of drug-likeness (QED) is 0.631. The molecule has 6 heteroatoms. The van der Waals surface area contributed by atoms with Crippen LogP contribution in [0.5, 0.6) is 0 Å². The minimum atomic E-state index is -0.961. The lowest BCUT2D eigenvalue weighted by Crippen LogP contribution is -2.36. The normalized spacial score (nSPS) is 15.3. The Balaban J connectivity index is 2.12. The highest BCUT2D eigenvalue weighted by molar-refractivity contribution is 7.10. The van der Waals surface area contributed by atoms with Crippen LogP contribution in [-0.2, 0) is 5.60 Å². The first-order valence-electron chi connectivity index (χ1n) is 7.06. The van der Waals surface area contributed by atoms with Gasteiger partial charge in [-0.25, -0.2) is 0 Å². The number of benzene rings is 1. The maximum atomic E-state index is 11.0. The number of thiophene rings is 1. The summed E-state index contributed by atoms with van der Waals surface area (Å²) in [5.74, 6) is 0. The van der Waals surface area contributed by atoms with Gasteiger partial charge >= 0.3 is 0 Å². The van der Waals surface area contributed by atoms with Gasteiger partial charge in [0.1, 0.15) is 5.60 Å². The number of aliphatic hydroxyl groups is 1. The molecule has 2 rings (SSSR count). The Morgan fingerprint density at radius 1 is 1.41 bits per heavy atom. The molecule has 0 aliphatic carbocycles. The second-order valence-corrected chi connectivity index (χ2v) is 6.55. The predicted molar refractivity (Wildman–Crippen MR) is 88.1 cm³/mol. The van der Waals surface area contributed by atoms with Gasteiger partial charge < -0.3 is 10.4 Å². The van der Waals surface area contributed by atoms with E-state index in [4.69, 9.17) is 0 Å². The Morgan fingerprint density at radius 3 is 2.73 bits per heavy atom. The highest BCUT2D eigenvalue weighted by Gasteiger charge is 2.25. The fraction of sp³-hybridized carbons (Fsp3) is 0.375. The Labute approximate surface area is 133 Å². The van der Waals surface area contributed by atoms with Gasteiger partial charge in [-0.1, -0.05) is 18.2 Å². The first-order valence-corrected chi connectivity index (χ1v) is 7.94. The molecule has 118 valence electrons. The Hall–Kier alpha value is -1.76. The number of nitrogens with zero attached hydrogens (tertiary/aromatic N) is 1. The lowest BCUT2D eigenvalue weighted by molar-refractivity contribution is -0.385. The third-order valence-corrected chi connectivity index (χ3v) is 4.94. The molecule has 5 nitrogen and oxygen atoms in total. The van der Waals surface area contributed by atoms with Gasteiger partial charge in [0, 0.05) is 29.1 Å². The second kappa shape index (κ2) is 6.56. The monoisotopic (exact) mass is 320 g/mol. The van der Waals surface area contributed by atoms with E-state index in [2.05, 4.69) is 5.32 Å². The van der Waals surface area contributed by atoms with E-state index in [9.17, 15) is 15.2 Å². The first kappa shape index (κ1) is 16.6. The van der Waals surface area contributed by atoms with Gasteiger partial charge in [-0.2, -0.15) is 0 Å². The number of nitro benzene ring substituents is 1. The van der Waals surface area contributed by atoms with Crippen molar-refractivity contribution in [3.05, 3.63) is 61.8 Å². The SMILES string of the molecule is Cc1c(C(C)NCC(C)(O)c2cccs2)cccc1[N+](=O)[O-]. The molecule has 0 aliphatic heterocycles. The number of hydrogen-bond donors (Lipinski definition) is 2. The van der Waals surface area contributed by atoms with Crippen molar-refractivity contribution in [1.82, 2.24) is 5.32 Å². The number of rotatable bonds is 6.